The first-order valence-corrected chi connectivity index (χ1v) is 12.7. The highest BCUT2D eigenvalue weighted by Crippen LogP contribution is 2.27. The molecule has 0 amide bonds. The molecule has 2 aromatic heterocycles. The molecule has 0 atom stereocenters. The number of aromatic nitrogens is 4. The summed E-state index contributed by atoms with van der Waals surface area (Å²) >= 11 is 0. The van der Waals surface area contributed by atoms with Gasteiger partial charge in [0.1, 0.15) is 0 Å². The van der Waals surface area contributed by atoms with Gasteiger partial charge in [-0.2, -0.15) is 14.3 Å². The summed E-state index contributed by atoms with van der Waals surface area (Å²) in [6.45, 7) is 5.27. The monoisotopic (exact) mass is 462 g/mol. The number of piperazine rings is 1. The van der Waals surface area contributed by atoms with Crippen LogP contribution < -0.4 is 5.32 Å². The lowest BCUT2D eigenvalue weighted by molar-refractivity contribution is 0.233. The van der Waals surface area contributed by atoms with Gasteiger partial charge in [-0.25, -0.2) is 8.42 Å². The first-order valence-electron chi connectivity index (χ1n) is 10.9. The molecule has 0 aliphatic carbocycles. The van der Waals surface area contributed by atoms with Gasteiger partial charge < -0.3 is 5.32 Å². The fourth-order valence-electron chi connectivity index (χ4n) is 4.03. The van der Waals surface area contributed by atoms with Gasteiger partial charge in [0.2, 0.25) is 0 Å². The molecule has 1 fully saturated rings. The Morgan fingerprint density at radius 1 is 1.03 bits per heavy atom. The molecule has 33 heavy (non-hydrogen) atoms. The van der Waals surface area contributed by atoms with Gasteiger partial charge in [-0.15, -0.1) is 0 Å². The highest BCUT2D eigenvalue weighted by Gasteiger charge is 2.11. The zero-order valence-corrected chi connectivity index (χ0v) is 19.2. The topological polar surface area (TPSA) is 95.9 Å². The number of fused-ring (bicyclic) bond motifs is 1. The number of nitrogens with zero attached hydrogens (tertiary/aromatic N) is 4. The van der Waals surface area contributed by atoms with Gasteiger partial charge in [0.15, 0.2) is 0 Å². The van der Waals surface area contributed by atoms with Gasteiger partial charge in [0.25, 0.3) is 10.0 Å². The minimum absolute atomic E-state index is 0.688. The van der Waals surface area contributed by atoms with E-state index >= 15 is 0 Å². The van der Waals surface area contributed by atoms with Crippen molar-refractivity contribution in [2.45, 2.75) is 6.54 Å². The Kier molecular flexibility index (Phi) is 5.84. The van der Waals surface area contributed by atoms with Crippen LogP contribution in [0.4, 0.5) is 0 Å². The Hall–Kier alpha value is -3.27. The second-order valence-corrected chi connectivity index (χ2v) is 10.2. The number of aromatic amines is 1. The number of rotatable bonds is 6. The lowest BCUT2D eigenvalue weighted by atomic mass is 10.0. The van der Waals surface area contributed by atoms with E-state index in [4.69, 9.17) is 0 Å². The zero-order valence-electron chi connectivity index (χ0n) is 18.4. The Bertz CT molecular complexity index is 1400. The molecule has 8 nitrogen and oxygen atoms in total. The lowest BCUT2D eigenvalue weighted by Gasteiger charge is -2.27. The molecular formula is C24H26N6O2S. The van der Waals surface area contributed by atoms with Crippen molar-refractivity contribution in [3.63, 3.8) is 0 Å². The largest absolute Gasteiger partial charge is 0.314 e. The summed E-state index contributed by atoms with van der Waals surface area (Å²) < 4.78 is 24.2. The molecule has 1 aliphatic rings. The van der Waals surface area contributed by atoms with Crippen molar-refractivity contribution in [2.75, 3.05) is 32.4 Å². The van der Waals surface area contributed by atoms with Crippen LogP contribution in [0, 0.1) is 0 Å². The molecule has 1 aliphatic heterocycles. The second kappa shape index (κ2) is 8.93. The summed E-state index contributed by atoms with van der Waals surface area (Å²) in [5.41, 5.74) is 6.02. The second-order valence-electron chi connectivity index (χ2n) is 8.33. The Morgan fingerprint density at radius 3 is 2.52 bits per heavy atom. The standard InChI is InChI=1S/C24H26N6O2S/c1-33(31,32)30-17-19(15-26-30)4-8-23-22-14-21(7-9-24(22)28-27-23)20-5-2-18(3-6-20)16-29-12-10-25-11-13-29/h2-9,14-15,17,25H,10-13,16H2,1H3,(H,27,28). The minimum Gasteiger partial charge on any atom is -0.314 e. The SMILES string of the molecule is CS(=O)(=O)n1cc(C=Cc2n[nH]c3ccc(-c4ccc(CN5CCNCC5)cc4)cc23)cn1. The molecule has 0 spiro atoms. The molecule has 0 radical (unpaired) electrons. The predicted molar refractivity (Wildman–Crippen MR) is 131 cm³/mol. The smallest absolute Gasteiger partial charge is 0.250 e. The van der Waals surface area contributed by atoms with Crippen molar-refractivity contribution in [1.82, 2.24) is 29.6 Å². The quantitative estimate of drug-likeness (QED) is 0.458. The average molecular weight is 463 g/mol. The van der Waals surface area contributed by atoms with Crippen LogP contribution in [-0.4, -0.2) is 65.1 Å². The normalized spacial score (nSPS) is 15.5. The molecule has 2 aromatic carbocycles. The van der Waals surface area contributed by atoms with Crippen LogP contribution >= 0.6 is 0 Å². The Labute approximate surface area is 193 Å². The number of nitrogens with one attached hydrogen (secondary N) is 2. The molecule has 4 aromatic rings. The lowest BCUT2D eigenvalue weighted by Crippen LogP contribution is -2.42. The van der Waals surface area contributed by atoms with E-state index in [1.807, 2.05) is 18.2 Å². The summed E-state index contributed by atoms with van der Waals surface area (Å²) in [5, 5.41) is 15.8. The van der Waals surface area contributed by atoms with Crippen molar-refractivity contribution in [3.05, 3.63) is 71.7 Å². The molecular weight excluding hydrogens is 436 g/mol. The van der Waals surface area contributed by atoms with E-state index in [9.17, 15) is 8.42 Å². The van der Waals surface area contributed by atoms with Crippen molar-refractivity contribution in [2.24, 2.45) is 0 Å². The first kappa shape index (κ1) is 21.6. The van der Waals surface area contributed by atoms with Crippen LogP contribution in [-0.2, 0) is 16.6 Å². The molecule has 3 heterocycles. The number of hydrogen-bond acceptors (Lipinski definition) is 6. The third-order valence-corrected chi connectivity index (χ3v) is 6.73. The van der Waals surface area contributed by atoms with Gasteiger partial charge in [-0.1, -0.05) is 30.3 Å². The van der Waals surface area contributed by atoms with Crippen LogP contribution in [0.25, 0.3) is 34.2 Å². The zero-order chi connectivity index (χ0) is 22.8. The predicted octanol–water partition coefficient (Wildman–Crippen LogP) is 2.81. The molecule has 170 valence electrons. The van der Waals surface area contributed by atoms with Crippen LogP contribution in [0.15, 0.2) is 54.9 Å². The van der Waals surface area contributed by atoms with Crippen LogP contribution in [0.5, 0.6) is 0 Å². The number of hydrogen-bond donors (Lipinski definition) is 2. The van der Waals surface area contributed by atoms with Gasteiger partial charge in [0.05, 0.1) is 23.7 Å². The maximum absolute atomic E-state index is 11.6. The number of H-pyrrole nitrogens is 1. The summed E-state index contributed by atoms with van der Waals surface area (Å²) in [6.07, 6.45) is 7.78. The van der Waals surface area contributed by atoms with Crippen LogP contribution in [0.3, 0.4) is 0 Å². The molecule has 0 saturated carbocycles. The van der Waals surface area contributed by atoms with E-state index < -0.39 is 10.0 Å². The minimum atomic E-state index is -3.39. The first-order chi connectivity index (χ1) is 16.0. The van der Waals surface area contributed by atoms with Crippen molar-refractivity contribution in [1.29, 1.82) is 0 Å². The van der Waals surface area contributed by atoms with Crippen molar-refractivity contribution >= 4 is 33.1 Å². The van der Waals surface area contributed by atoms with E-state index in [2.05, 4.69) is 61.9 Å². The van der Waals surface area contributed by atoms with E-state index in [1.54, 1.807) is 0 Å². The molecule has 1 saturated heterocycles. The van der Waals surface area contributed by atoms with E-state index in [0.717, 1.165) is 70.8 Å². The van der Waals surface area contributed by atoms with E-state index in [-0.39, 0.29) is 0 Å². The summed E-state index contributed by atoms with van der Waals surface area (Å²) in [7, 11) is -3.39. The molecule has 5 rings (SSSR count). The maximum Gasteiger partial charge on any atom is 0.250 e. The van der Waals surface area contributed by atoms with E-state index in [0.29, 0.717) is 5.56 Å². The molecule has 2 N–H and O–H groups in total. The van der Waals surface area contributed by atoms with Gasteiger partial charge in [0, 0.05) is 49.9 Å². The van der Waals surface area contributed by atoms with Gasteiger partial charge in [-0.3, -0.25) is 10.00 Å². The highest BCUT2D eigenvalue weighted by molar-refractivity contribution is 7.89. The van der Waals surface area contributed by atoms with Gasteiger partial charge in [-0.05, 0) is 41.0 Å². The van der Waals surface area contributed by atoms with Gasteiger partial charge >= 0.3 is 0 Å². The summed E-state index contributed by atoms with van der Waals surface area (Å²) in [6, 6.07) is 15.0. The van der Waals surface area contributed by atoms with Crippen molar-refractivity contribution in [3.8, 4) is 11.1 Å². The van der Waals surface area contributed by atoms with Crippen LogP contribution in [0.2, 0.25) is 0 Å². The third-order valence-electron chi connectivity index (χ3n) is 5.85. The summed E-state index contributed by atoms with van der Waals surface area (Å²) in [4.78, 5) is 2.47. The maximum atomic E-state index is 11.6. The van der Waals surface area contributed by atoms with Crippen molar-refractivity contribution < 1.29 is 8.42 Å². The number of benzene rings is 2. The Balaban J connectivity index is 1.36. The average Bonchev–Trinajstić information content (AvgIpc) is 3.46. The molecule has 0 unspecified atom stereocenters. The fourth-order valence-corrected chi connectivity index (χ4v) is 4.56. The highest BCUT2D eigenvalue weighted by atomic mass is 32.2. The molecule has 9 heteroatoms. The summed E-state index contributed by atoms with van der Waals surface area (Å²) in [5.74, 6) is 0. The fraction of sp³-hybridized carbons (Fsp3) is 0.250. The Morgan fingerprint density at radius 2 is 1.79 bits per heavy atom. The molecule has 0 bridgehead atoms. The van der Waals surface area contributed by atoms with Crippen LogP contribution in [0.1, 0.15) is 16.8 Å². The van der Waals surface area contributed by atoms with E-state index in [1.165, 1.54) is 18.0 Å². The third kappa shape index (κ3) is 4.90.